The number of carbonyl (C=O) groups is 1. The van der Waals surface area contributed by atoms with Crippen molar-refractivity contribution in [3.63, 3.8) is 0 Å². The van der Waals surface area contributed by atoms with Crippen molar-refractivity contribution in [3.05, 3.63) is 66.2 Å². The van der Waals surface area contributed by atoms with E-state index in [1.165, 1.54) is 0 Å². The van der Waals surface area contributed by atoms with Gasteiger partial charge in [-0.15, -0.1) is 0 Å². The third kappa shape index (κ3) is 5.64. The minimum absolute atomic E-state index is 0.112. The van der Waals surface area contributed by atoms with Crippen LogP contribution in [0.1, 0.15) is 39.3 Å². The second-order valence-electron chi connectivity index (χ2n) is 7.10. The van der Waals surface area contributed by atoms with Gasteiger partial charge in [-0.25, -0.2) is 4.79 Å². The number of carbonyl (C=O) groups excluding carboxylic acids is 1. The van der Waals surface area contributed by atoms with Crippen molar-refractivity contribution in [1.29, 1.82) is 0 Å². The molecule has 0 aliphatic heterocycles. The molecule has 152 valence electrons. The maximum Gasteiger partial charge on any atom is 0.407 e. The van der Waals surface area contributed by atoms with Crippen LogP contribution in [0.4, 0.5) is 4.79 Å². The van der Waals surface area contributed by atoms with Gasteiger partial charge in [-0.3, -0.25) is 0 Å². The van der Waals surface area contributed by atoms with Crippen LogP contribution in [0.3, 0.4) is 0 Å². The molecule has 0 fully saturated rings. The number of nitrogens with one attached hydrogen (secondary N) is 1. The van der Waals surface area contributed by atoms with E-state index in [4.69, 9.17) is 14.2 Å². The molecule has 29 heavy (non-hydrogen) atoms. The number of ether oxygens (including phenoxy) is 3. The summed E-state index contributed by atoms with van der Waals surface area (Å²) in [7, 11) is 0. The van der Waals surface area contributed by atoms with E-state index in [9.17, 15) is 4.79 Å². The third-order valence-electron chi connectivity index (χ3n) is 4.36. The highest BCUT2D eigenvalue weighted by Gasteiger charge is 2.11. The summed E-state index contributed by atoms with van der Waals surface area (Å²) in [5.74, 6) is 2.27. The van der Waals surface area contributed by atoms with Gasteiger partial charge in [-0.2, -0.15) is 0 Å². The summed E-state index contributed by atoms with van der Waals surface area (Å²) in [5.41, 5.74) is 1.01. The number of hydrogen-bond donors (Lipinski definition) is 1. The van der Waals surface area contributed by atoms with Crippen LogP contribution in [0.25, 0.3) is 10.8 Å². The Morgan fingerprint density at radius 1 is 0.897 bits per heavy atom. The van der Waals surface area contributed by atoms with Gasteiger partial charge in [0.15, 0.2) is 0 Å². The maximum atomic E-state index is 11.6. The first-order valence-electron chi connectivity index (χ1n) is 9.86. The van der Waals surface area contributed by atoms with E-state index < -0.39 is 6.09 Å². The van der Waals surface area contributed by atoms with Crippen LogP contribution in [0.15, 0.2) is 60.7 Å². The van der Waals surface area contributed by atoms with Gasteiger partial charge >= 0.3 is 6.09 Å². The molecule has 0 aliphatic rings. The average molecular weight is 393 g/mol. The highest BCUT2D eigenvalue weighted by molar-refractivity contribution is 5.85. The fraction of sp³-hybridized carbons (Fsp3) is 0.292. The zero-order valence-electron chi connectivity index (χ0n) is 17.3. The Labute approximate surface area is 171 Å². The van der Waals surface area contributed by atoms with Gasteiger partial charge in [0, 0.05) is 6.07 Å². The highest BCUT2D eigenvalue weighted by Crippen LogP contribution is 2.29. The molecule has 1 amide bonds. The summed E-state index contributed by atoms with van der Waals surface area (Å²) < 4.78 is 16.7. The van der Waals surface area contributed by atoms with E-state index in [-0.39, 0.29) is 12.1 Å². The van der Waals surface area contributed by atoms with Gasteiger partial charge in [0.2, 0.25) is 0 Å². The molecule has 3 aromatic rings. The molecule has 0 spiro atoms. The Morgan fingerprint density at radius 2 is 1.59 bits per heavy atom. The van der Waals surface area contributed by atoms with Gasteiger partial charge in [-0.1, -0.05) is 24.3 Å². The number of benzene rings is 3. The Kier molecular flexibility index (Phi) is 6.60. The largest absolute Gasteiger partial charge is 0.491 e. The van der Waals surface area contributed by atoms with Crippen LogP contribution in [0, 0.1) is 0 Å². The number of fused-ring (bicyclic) bond motifs is 1. The predicted octanol–water partition coefficient (Wildman–Crippen LogP) is 6.23. The maximum absolute atomic E-state index is 11.6. The molecule has 0 aromatic heterocycles. The number of amides is 1. The summed E-state index contributed by atoms with van der Waals surface area (Å²) in [5, 5.41) is 4.96. The molecule has 1 atom stereocenters. The summed E-state index contributed by atoms with van der Waals surface area (Å²) in [4.78, 5) is 11.6. The van der Waals surface area contributed by atoms with E-state index in [0.29, 0.717) is 6.61 Å². The molecule has 0 bridgehead atoms. The first-order valence-corrected chi connectivity index (χ1v) is 9.86. The van der Waals surface area contributed by atoms with Crippen LogP contribution in [0.5, 0.6) is 17.2 Å². The lowest BCUT2D eigenvalue weighted by molar-refractivity contribution is 0.149. The van der Waals surface area contributed by atoms with Crippen molar-refractivity contribution in [2.45, 2.75) is 39.8 Å². The molecule has 5 heteroatoms. The second-order valence-corrected chi connectivity index (χ2v) is 7.10. The quantitative estimate of drug-likeness (QED) is 0.517. The average Bonchev–Trinajstić information content (AvgIpc) is 2.67. The van der Waals surface area contributed by atoms with Crippen molar-refractivity contribution in [1.82, 2.24) is 5.32 Å². The molecular weight excluding hydrogens is 366 g/mol. The Hall–Kier alpha value is -3.21. The number of alkyl carbamates (subject to hydrolysis) is 1. The Balaban J connectivity index is 1.75. The minimum atomic E-state index is -0.410. The van der Waals surface area contributed by atoms with Crippen LogP contribution >= 0.6 is 0 Å². The topological polar surface area (TPSA) is 56.8 Å². The monoisotopic (exact) mass is 393 g/mol. The molecule has 1 unspecified atom stereocenters. The van der Waals surface area contributed by atoms with Gasteiger partial charge in [-0.05, 0) is 74.4 Å². The predicted molar refractivity (Wildman–Crippen MR) is 115 cm³/mol. The SMILES string of the molecule is CCOC(=O)NC(C)c1ccc2cc(Oc3cccc(OC(C)C)c3)ccc2c1. The summed E-state index contributed by atoms with van der Waals surface area (Å²) in [6, 6.07) is 19.5. The molecule has 0 aliphatic carbocycles. The molecule has 0 saturated heterocycles. The van der Waals surface area contributed by atoms with Crippen LogP contribution < -0.4 is 14.8 Å². The molecule has 0 radical (unpaired) electrons. The van der Waals surface area contributed by atoms with E-state index in [2.05, 4.69) is 11.4 Å². The Morgan fingerprint density at radius 3 is 2.34 bits per heavy atom. The summed E-state index contributed by atoms with van der Waals surface area (Å²) in [6.07, 6.45) is -0.298. The lowest BCUT2D eigenvalue weighted by Gasteiger charge is -2.15. The second kappa shape index (κ2) is 9.32. The Bertz CT molecular complexity index is 984. The molecule has 0 saturated carbocycles. The van der Waals surface area contributed by atoms with Crippen molar-refractivity contribution in [3.8, 4) is 17.2 Å². The minimum Gasteiger partial charge on any atom is -0.491 e. The lowest BCUT2D eigenvalue weighted by Crippen LogP contribution is -2.27. The normalized spacial score (nSPS) is 11.9. The van der Waals surface area contributed by atoms with E-state index in [0.717, 1.165) is 33.6 Å². The van der Waals surface area contributed by atoms with Gasteiger partial charge in [0.1, 0.15) is 17.2 Å². The van der Waals surface area contributed by atoms with E-state index in [1.54, 1.807) is 6.92 Å². The van der Waals surface area contributed by atoms with Crippen LogP contribution in [-0.4, -0.2) is 18.8 Å². The fourth-order valence-electron chi connectivity index (χ4n) is 3.03. The van der Waals surface area contributed by atoms with Crippen molar-refractivity contribution in [2.24, 2.45) is 0 Å². The molecule has 0 heterocycles. The van der Waals surface area contributed by atoms with Crippen molar-refractivity contribution < 1.29 is 19.0 Å². The van der Waals surface area contributed by atoms with Gasteiger partial charge < -0.3 is 19.5 Å². The highest BCUT2D eigenvalue weighted by atomic mass is 16.5. The molecule has 3 rings (SSSR count). The zero-order valence-corrected chi connectivity index (χ0v) is 17.3. The van der Waals surface area contributed by atoms with Crippen molar-refractivity contribution in [2.75, 3.05) is 6.61 Å². The van der Waals surface area contributed by atoms with Gasteiger partial charge in [0.05, 0.1) is 18.8 Å². The van der Waals surface area contributed by atoms with Crippen LogP contribution in [-0.2, 0) is 4.74 Å². The molecule has 5 nitrogen and oxygen atoms in total. The fourth-order valence-corrected chi connectivity index (χ4v) is 3.03. The first-order chi connectivity index (χ1) is 13.9. The summed E-state index contributed by atoms with van der Waals surface area (Å²) in [6.45, 7) is 8.06. The third-order valence-corrected chi connectivity index (χ3v) is 4.36. The van der Waals surface area contributed by atoms with E-state index >= 15 is 0 Å². The molecule has 1 N–H and O–H groups in total. The van der Waals surface area contributed by atoms with Gasteiger partial charge in [0.25, 0.3) is 0 Å². The standard InChI is InChI=1S/C24H27NO4/c1-5-27-24(26)25-17(4)18-9-10-20-14-23(12-11-19(20)13-18)29-22-8-6-7-21(15-22)28-16(2)3/h6-17H,5H2,1-4H3,(H,25,26). The number of hydrogen-bond acceptors (Lipinski definition) is 4. The molecule has 3 aromatic carbocycles. The first kappa shape index (κ1) is 20.5. The lowest BCUT2D eigenvalue weighted by atomic mass is 10.0. The summed E-state index contributed by atoms with van der Waals surface area (Å²) >= 11 is 0. The number of rotatable bonds is 7. The van der Waals surface area contributed by atoms with Crippen LogP contribution in [0.2, 0.25) is 0 Å². The molecular formula is C24H27NO4. The smallest absolute Gasteiger partial charge is 0.407 e. The van der Waals surface area contributed by atoms with Crippen molar-refractivity contribution >= 4 is 16.9 Å². The van der Waals surface area contributed by atoms with E-state index in [1.807, 2.05) is 75.4 Å². The zero-order chi connectivity index (χ0) is 20.8.